The lowest BCUT2D eigenvalue weighted by molar-refractivity contribution is -0.384. The number of hydrogen-bond donors (Lipinski definition) is 2. The molecule has 0 heterocycles. The van der Waals surface area contributed by atoms with Gasteiger partial charge in [0, 0.05) is 23.4 Å². The summed E-state index contributed by atoms with van der Waals surface area (Å²) in [5, 5.41) is 27.0. The second kappa shape index (κ2) is 8.65. The Kier molecular flexibility index (Phi) is 5.83. The molecule has 0 aliphatic carbocycles. The number of nitro benzene ring substituents is 1. The third kappa shape index (κ3) is 4.65. The Morgan fingerprint density at radius 2 is 1.47 bits per heavy atom. The molecule has 0 saturated carbocycles. The number of benzene rings is 3. The molecule has 0 atom stereocenters. The summed E-state index contributed by atoms with van der Waals surface area (Å²) in [6, 6.07) is 16.9. The Labute approximate surface area is 170 Å². The van der Waals surface area contributed by atoms with Gasteiger partial charge >= 0.3 is 0 Å². The Morgan fingerprint density at radius 3 is 2.20 bits per heavy atom. The van der Waals surface area contributed by atoms with Gasteiger partial charge in [0.25, 0.3) is 17.5 Å². The first-order valence-electron chi connectivity index (χ1n) is 8.63. The highest BCUT2D eigenvalue weighted by Crippen LogP contribution is 2.20. The number of carbonyl (C=O) groups excluding carboxylic acids is 3. The van der Waals surface area contributed by atoms with E-state index < -0.39 is 22.7 Å². The van der Waals surface area contributed by atoms with E-state index in [2.05, 4.69) is 10.6 Å². The minimum absolute atomic E-state index is 0.0565. The maximum atomic E-state index is 12.7. The van der Waals surface area contributed by atoms with Crippen LogP contribution >= 0.6 is 0 Å². The van der Waals surface area contributed by atoms with Crippen molar-refractivity contribution in [2.24, 2.45) is 0 Å². The summed E-state index contributed by atoms with van der Waals surface area (Å²) in [6.45, 7) is 0. The zero-order valence-corrected chi connectivity index (χ0v) is 15.3. The van der Waals surface area contributed by atoms with Gasteiger partial charge < -0.3 is 20.5 Å². The van der Waals surface area contributed by atoms with E-state index in [0.29, 0.717) is 0 Å². The molecule has 3 rings (SSSR count). The van der Waals surface area contributed by atoms with Crippen LogP contribution in [0.4, 0.5) is 17.1 Å². The van der Waals surface area contributed by atoms with E-state index in [0.717, 1.165) is 6.07 Å². The van der Waals surface area contributed by atoms with Crippen molar-refractivity contribution < 1.29 is 24.4 Å². The van der Waals surface area contributed by atoms with Gasteiger partial charge in [0.1, 0.15) is 0 Å². The highest BCUT2D eigenvalue weighted by Gasteiger charge is 2.16. The highest BCUT2D eigenvalue weighted by atomic mass is 16.6. The van der Waals surface area contributed by atoms with Crippen molar-refractivity contribution in [3.63, 3.8) is 0 Å². The third-order valence-corrected chi connectivity index (χ3v) is 4.10. The molecule has 9 nitrogen and oxygen atoms in total. The number of carbonyl (C=O) groups is 3. The van der Waals surface area contributed by atoms with Crippen molar-refractivity contribution in [3.8, 4) is 0 Å². The molecule has 2 N–H and O–H groups in total. The molecule has 30 heavy (non-hydrogen) atoms. The number of hydrogen-bond acceptors (Lipinski definition) is 6. The van der Waals surface area contributed by atoms with Crippen LogP contribution in [0.2, 0.25) is 0 Å². The first-order valence-corrected chi connectivity index (χ1v) is 8.63. The quantitative estimate of drug-likeness (QED) is 0.477. The average Bonchev–Trinajstić information content (AvgIpc) is 2.74. The highest BCUT2D eigenvalue weighted by molar-refractivity contribution is 6.12. The molecule has 3 aromatic carbocycles. The van der Waals surface area contributed by atoms with Crippen LogP contribution in [0.15, 0.2) is 72.8 Å². The summed E-state index contributed by atoms with van der Waals surface area (Å²) in [5.41, 5.74) is 0.266. The number of carboxylic acid groups (broad SMARTS) is 1. The van der Waals surface area contributed by atoms with Crippen molar-refractivity contribution in [2.45, 2.75) is 0 Å². The molecule has 0 aromatic heterocycles. The molecule has 0 aliphatic heterocycles. The molecule has 0 spiro atoms. The lowest BCUT2D eigenvalue weighted by atomic mass is 10.1. The molecule has 0 radical (unpaired) electrons. The van der Waals surface area contributed by atoms with Crippen LogP contribution in [0.3, 0.4) is 0 Å². The Morgan fingerprint density at radius 1 is 0.767 bits per heavy atom. The van der Waals surface area contributed by atoms with Crippen LogP contribution in [-0.2, 0) is 0 Å². The van der Waals surface area contributed by atoms with Crippen LogP contribution in [0.5, 0.6) is 0 Å². The van der Waals surface area contributed by atoms with Gasteiger partial charge in [-0.25, -0.2) is 0 Å². The van der Waals surface area contributed by atoms with Crippen LogP contribution in [-0.4, -0.2) is 22.7 Å². The number of carboxylic acids is 1. The van der Waals surface area contributed by atoms with Gasteiger partial charge in [0.15, 0.2) is 0 Å². The maximum absolute atomic E-state index is 12.7. The SMILES string of the molecule is O=C([O-])c1cccc(NC(=O)c2ccccc2NC(=O)c2cccc([N+](=O)[O-])c2)c1. The molecule has 0 unspecified atom stereocenters. The zero-order valence-electron chi connectivity index (χ0n) is 15.3. The van der Waals surface area contributed by atoms with Crippen molar-refractivity contribution in [1.82, 2.24) is 0 Å². The molecule has 9 heteroatoms. The van der Waals surface area contributed by atoms with Gasteiger partial charge in [-0.1, -0.05) is 30.3 Å². The standard InChI is InChI=1S/C21H15N3O6/c25-19(13-5-4-8-16(12-13)24(29)30)23-18-10-2-1-9-17(18)20(26)22-15-7-3-6-14(11-15)21(27)28/h1-12H,(H,22,26)(H,23,25)(H,27,28)/p-1. The Bertz CT molecular complexity index is 1160. The predicted octanol–water partition coefficient (Wildman–Crippen LogP) is 2.46. The van der Waals surface area contributed by atoms with Crippen molar-refractivity contribution in [2.75, 3.05) is 10.6 Å². The van der Waals surface area contributed by atoms with E-state index in [-0.39, 0.29) is 33.8 Å². The number of nitro groups is 1. The molecule has 3 aromatic rings. The van der Waals surface area contributed by atoms with Gasteiger partial charge in [-0.05, 0) is 35.9 Å². The fourth-order valence-corrected chi connectivity index (χ4v) is 2.67. The monoisotopic (exact) mass is 404 g/mol. The van der Waals surface area contributed by atoms with Crippen LogP contribution in [0.25, 0.3) is 0 Å². The smallest absolute Gasteiger partial charge is 0.270 e. The van der Waals surface area contributed by atoms with E-state index in [1.54, 1.807) is 12.1 Å². The molecule has 150 valence electrons. The summed E-state index contributed by atoms with van der Waals surface area (Å²) < 4.78 is 0. The fraction of sp³-hybridized carbons (Fsp3) is 0. The van der Waals surface area contributed by atoms with Crippen molar-refractivity contribution in [3.05, 3.63) is 99.6 Å². The van der Waals surface area contributed by atoms with E-state index in [9.17, 15) is 29.6 Å². The van der Waals surface area contributed by atoms with Crippen molar-refractivity contribution >= 4 is 34.8 Å². The first-order chi connectivity index (χ1) is 14.3. The molecule has 0 aliphatic rings. The second-order valence-corrected chi connectivity index (χ2v) is 6.13. The molecule has 2 amide bonds. The Hall–Kier alpha value is -4.53. The number of nitrogens with one attached hydrogen (secondary N) is 2. The lowest BCUT2D eigenvalue weighted by Crippen LogP contribution is -2.22. The van der Waals surface area contributed by atoms with E-state index in [1.165, 1.54) is 54.6 Å². The fourth-order valence-electron chi connectivity index (χ4n) is 2.67. The topological polar surface area (TPSA) is 141 Å². The van der Waals surface area contributed by atoms with Gasteiger partial charge in [-0.3, -0.25) is 19.7 Å². The predicted molar refractivity (Wildman–Crippen MR) is 106 cm³/mol. The van der Waals surface area contributed by atoms with Crippen molar-refractivity contribution in [1.29, 1.82) is 0 Å². The number of aromatic carboxylic acids is 1. The number of rotatable bonds is 6. The number of non-ortho nitro benzene ring substituents is 1. The molecule has 0 saturated heterocycles. The lowest BCUT2D eigenvalue weighted by Gasteiger charge is -2.12. The summed E-state index contributed by atoms with van der Waals surface area (Å²) in [7, 11) is 0. The molecule has 0 bridgehead atoms. The number of para-hydroxylation sites is 1. The molecule has 0 fully saturated rings. The van der Waals surface area contributed by atoms with Gasteiger partial charge in [-0.2, -0.15) is 0 Å². The first kappa shape index (κ1) is 20.2. The van der Waals surface area contributed by atoms with E-state index in [1.807, 2.05) is 0 Å². The van der Waals surface area contributed by atoms with Crippen LogP contribution in [0, 0.1) is 10.1 Å². The summed E-state index contributed by atoms with van der Waals surface area (Å²) in [4.78, 5) is 46.4. The minimum atomic E-state index is -1.38. The maximum Gasteiger partial charge on any atom is 0.270 e. The number of nitrogens with zero attached hydrogens (tertiary/aromatic N) is 1. The third-order valence-electron chi connectivity index (χ3n) is 4.10. The molecular formula is C21H14N3O6-. The number of anilines is 2. The van der Waals surface area contributed by atoms with E-state index in [4.69, 9.17) is 0 Å². The normalized spacial score (nSPS) is 10.1. The van der Waals surface area contributed by atoms with E-state index >= 15 is 0 Å². The average molecular weight is 404 g/mol. The summed E-state index contributed by atoms with van der Waals surface area (Å²) in [6.07, 6.45) is 0. The van der Waals surface area contributed by atoms with Crippen LogP contribution < -0.4 is 15.7 Å². The Balaban J connectivity index is 1.82. The van der Waals surface area contributed by atoms with Gasteiger partial charge in [-0.15, -0.1) is 0 Å². The second-order valence-electron chi connectivity index (χ2n) is 6.13. The van der Waals surface area contributed by atoms with Gasteiger partial charge in [0.2, 0.25) is 0 Å². The summed E-state index contributed by atoms with van der Waals surface area (Å²) >= 11 is 0. The zero-order chi connectivity index (χ0) is 21.7. The molecular weight excluding hydrogens is 390 g/mol. The van der Waals surface area contributed by atoms with Crippen LogP contribution in [0.1, 0.15) is 31.1 Å². The minimum Gasteiger partial charge on any atom is -0.545 e. The number of amides is 2. The summed E-state index contributed by atoms with van der Waals surface area (Å²) in [5.74, 6) is -2.59. The van der Waals surface area contributed by atoms with Gasteiger partial charge in [0.05, 0.1) is 22.1 Å². The largest absolute Gasteiger partial charge is 0.545 e.